The Balaban J connectivity index is 2.13. The highest BCUT2D eigenvalue weighted by atomic mass is 35.5. The van der Waals surface area contributed by atoms with Crippen LogP contribution in [0.25, 0.3) is 11.1 Å². The van der Waals surface area contributed by atoms with Crippen molar-refractivity contribution in [3.8, 4) is 11.1 Å². The van der Waals surface area contributed by atoms with Crippen LogP contribution in [0.2, 0.25) is 10.0 Å². The van der Waals surface area contributed by atoms with Crippen LogP contribution >= 0.6 is 23.2 Å². The van der Waals surface area contributed by atoms with Crippen molar-refractivity contribution in [3.63, 3.8) is 0 Å². The van der Waals surface area contributed by atoms with E-state index in [1.165, 1.54) is 0 Å². The topological polar surface area (TPSA) is 52.0 Å². The molecule has 1 aliphatic rings. The number of hydrogen-bond acceptors (Lipinski definition) is 3. The van der Waals surface area contributed by atoms with Crippen LogP contribution in [0.1, 0.15) is 24.5 Å². The van der Waals surface area contributed by atoms with Gasteiger partial charge in [-0.2, -0.15) is 0 Å². The number of nitrogens with two attached hydrogens (primary N) is 1. The molecule has 0 saturated heterocycles. The van der Waals surface area contributed by atoms with Crippen LogP contribution in [0.5, 0.6) is 0 Å². The first-order chi connectivity index (χ1) is 8.16. The summed E-state index contributed by atoms with van der Waals surface area (Å²) in [5.74, 6) is 0.811. The largest absolute Gasteiger partial charge is 0.367 e. The molecule has 1 aliphatic carbocycles. The third kappa shape index (κ3) is 1.90. The summed E-state index contributed by atoms with van der Waals surface area (Å²) in [5, 5.41) is 5.06. The zero-order valence-electron chi connectivity index (χ0n) is 8.91. The van der Waals surface area contributed by atoms with E-state index in [4.69, 9.17) is 33.5 Å². The fourth-order valence-electron chi connectivity index (χ4n) is 1.89. The molecule has 0 radical (unpaired) electrons. The molecule has 3 rings (SSSR count). The first kappa shape index (κ1) is 10.9. The number of nitrogen functional groups attached to an aromatic ring is 1. The number of benzene rings is 1. The molecule has 2 aromatic rings. The molecule has 0 unspecified atom stereocenters. The maximum absolute atomic E-state index is 6.01. The highest BCUT2D eigenvalue weighted by molar-refractivity contribution is 6.42. The second-order valence-electron chi connectivity index (χ2n) is 4.21. The van der Waals surface area contributed by atoms with Gasteiger partial charge in [0.25, 0.3) is 0 Å². The Bertz CT molecular complexity index is 576. The number of halogens is 2. The molecule has 5 heteroatoms. The van der Waals surface area contributed by atoms with Gasteiger partial charge in [0, 0.05) is 5.92 Å². The summed E-state index contributed by atoms with van der Waals surface area (Å²) in [4.78, 5) is 0. The van der Waals surface area contributed by atoms with E-state index >= 15 is 0 Å². The summed E-state index contributed by atoms with van der Waals surface area (Å²) in [5.41, 5.74) is 8.51. The zero-order chi connectivity index (χ0) is 12.0. The van der Waals surface area contributed by atoms with Crippen LogP contribution in [0.3, 0.4) is 0 Å². The van der Waals surface area contributed by atoms with Crippen molar-refractivity contribution in [2.45, 2.75) is 18.8 Å². The van der Waals surface area contributed by atoms with Gasteiger partial charge in [0.05, 0.1) is 21.3 Å². The maximum Gasteiger partial charge on any atom is 0.230 e. The van der Waals surface area contributed by atoms with Crippen molar-refractivity contribution in [2.75, 3.05) is 5.73 Å². The summed E-state index contributed by atoms with van der Waals surface area (Å²) in [6.45, 7) is 0. The van der Waals surface area contributed by atoms with Gasteiger partial charge in [0.1, 0.15) is 0 Å². The molecule has 1 saturated carbocycles. The van der Waals surface area contributed by atoms with Crippen LogP contribution in [0.15, 0.2) is 22.7 Å². The SMILES string of the molecule is Nc1onc(C2CC2)c1-c1ccc(Cl)c(Cl)c1. The van der Waals surface area contributed by atoms with Gasteiger partial charge in [0.15, 0.2) is 0 Å². The van der Waals surface area contributed by atoms with E-state index in [0.717, 1.165) is 29.7 Å². The van der Waals surface area contributed by atoms with Crippen molar-refractivity contribution >= 4 is 29.1 Å². The smallest absolute Gasteiger partial charge is 0.230 e. The summed E-state index contributed by atoms with van der Waals surface area (Å²) >= 11 is 11.9. The molecule has 0 aliphatic heterocycles. The number of rotatable bonds is 2. The van der Waals surface area contributed by atoms with E-state index in [9.17, 15) is 0 Å². The van der Waals surface area contributed by atoms with Gasteiger partial charge in [-0.05, 0) is 30.5 Å². The van der Waals surface area contributed by atoms with Gasteiger partial charge < -0.3 is 10.3 Å². The molecule has 0 bridgehead atoms. The first-order valence-electron chi connectivity index (χ1n) is 5.37. The fourth-order valence-corrected chi connectivity index (χ4v) is 2.19. The highest BCUT2D eigenvalue weighted by Crippen LogP contribution is 2.46. The van der Waals surface area contributed by atoms with Crippen molar-refractivity contribution in [3.05, 3.63) is 33.9 Å². The average Bonchev–Trinajstić information content (AvgIpc) is 3.07. The molecule has 0 spiro atoms. The monoisotopic (exact) mass is 268 g/mol. The van der Waals surface area contributed by atoms with E-state index in [1.54, 1.807) is 12.1 Å². The maximum atomic E-state index is 6.01. The second kappa shape index (κ2) is 3.93. The van der Waals surface area contributed by atoms with Crippen LogP contribution in [-0.2, 0) is 0 Å². The highest BCUT2D eigenvalue weighted by Gasteiger charge is 2.31. The Kier molecular flexibility index (Phi) is 2.53. The summed E-state index contributed by atoms with van der Waals surface area (Å²) in [7, 11) is 0. The van der Waals surface area contributed by atoms with Crippen LogP contribution in [-0.4, -0.2) is 5.16 Å². The normalized spacial score (nSPS) is 15.2. The Labute approximate surface area is 108 Å². The van der Waals surface area contributed by atoms with E-state index in [2.05, 4.69) is 5.16 Å². The average molecular weight is 269 g/mol. The minimum Gasteiger partial charge on any atom is -0.367 e. The molecule has 1 heterocycles. The summed E-state index contributed by atoms with van der Waals surface area (Å²) in [6.07, 6.45) is 2.28. The van der Waals surface area contributed by atoms with Gasteiger partial charge >= 0.3 is 0 Å². The predicted octanol–water partition coefficient (Wildman–Crippen LogP) is 4.11. The van der Waals surface area contributed by atoms with E-state index < -0.39 is 0 Å². The minimum absolute atomic E-state index is 0.338. The van der Waals surface area contributed by atoms with Crippen molar-refractivity contribution in [2.24, 2.45) is 0 Å². The van der Waals surface area contributed by atoms with Crippen LogP contribution in [0, 0.1) is 0 Å². The molecular formula is C12H10Cl2N2O. The number of nitrogens with zero attached hydrogens (tertiary/aromatic N) is 1. The Morgan fingerprint density at radius 3 is 2.65 bits per heavy atom. The Morgan fingerprint density at radius 2 is 2.00 bits per heavy atom. The minimum atomic E-state index is 0.338. The molecule has 2 N–H and O–H groups in total. The quantitative estimate of drug-likeness (QED) is 0.892. The third-order valence-electron chi connectivity index (χ3n) is 2.92. The van der Waals surface area contributed by atoms with Gasteiger partial charge in [0.2, 0.25) is 5.88 Å². The lowest BCUT2D eigenvalue weighted by Crippen LogP contribution is -1.89. The summed E-state index contributed by atoms with van der Waals surface area (Å²) < 4.78 is 5.07. The van der Waals surface area contributed by atoms with Crippen molar-refractivity contribution < 1.29 is 4.52 Å². The second-order valence-corrected chi connectivity index (χ2v) is 5.02. The van der Waals surface area contributed by atoms with Gasteiger partial charge in [-0.25, -0.2) is 0 Å². The Morgan fingerprint density at radius 1 is 1.24 bits per heavy atom. The fraction of sp³-hybridized carbons (Fsp3) is 0.250. The molecule has 1 fully saturated rings. The molecule has 0 amide bonds. The van der Waals surface area contributed by atoms with E-state index in [-0.39, 0.29) is 0 Å². The third-order valence-corrected chi connectivity index (χ3v) is 3.66. The molecule has 1 aromatic heterocycles. The van der Waals surface area contributed by atoms with Crippen molar-refractivity contribution in [1.82, 2.24) is 5.16 Å². The molecule has 17 heavy (non-hydrogen) atoms. The predicted molar refractivity (Wildman–Crippen MR) is 68.3 cm³/mol. The number of aromatic nitrogens is 1. The zero-order valence-corrected chi connectivity index (χ0v) is 10.4. The lowest BCUT2D eigenvalue weighted by molar-refractivity contribution is 0.428. The van der Waals surface area contributed by atoms with Crippen LogP contribution in [0.4, 0.5) is 5.88 Å². The van der Waals surface area contributed by atoms with Crippen molar-refractivity contribution in [1.29, 1.82) is 0 Å². The lowest BCUT2D eigenvalue weighted by Gasteiger charge is -2.03. The van der Waals surface area contributed by atoms with E-state index in [0.29, 0.717) is 21.8 Å². The molecule has 88 valence electrons. The van der Waals surface area contributed by atoms with Gasteiger partial charge in [-0.1, -0.05) is 34.4 Å². The number of anilines is 1. The Hall–Kier alpha value is -1.19. The molecule has 0 atom stereocenters. The van der Waals surface area contributed by atoms with Gasteiger partial charge in [-0.15, -0.1) is 0 Å². The van der Waals surface area contributed by atoms with Gasteiger partial charge in [-0.3, -0.25) is 0 Å². The lowest BCUT2D eigenvalue weighted by atomic mass is 10.0. The number of hydrogen-bond donors (Lipinski definition) is 1. The molecule has 3 nitrogen and oxygen atoms in total. The van der Waals surface area contributed by atoms with Crippen LogP contribution < -0.4 is 5.73 Å². The van der Waals surface area contributed by atoms with E-state index in [1.807, 2.05) is 6.07 Å². The summed E-state index contributed by atoms with van der Waals surface area (Å²) in [6, 6.07) is 5.42. The molecule has 1 aromatic carbocycles. The standard InChI is InChI=1S/C12H10Cl2N2O/c13-8-4-3-7(5-9(8)14)10-11(6-1-2-6)16-17-12(10)15/h3-6H,1-2,15H2. The first-order valence-corrected chi connectivity index (χ1v) is 6.13. The molecular weight excluding hydrogens is 259 g/mol.